The van der Waals surface area contributed by atoms with Crippen molar-refractivity contribution in [1.29, 1.82) is 0 Å². The van der Waals surface area contributed by atoms with Crippen molar-refractivity contribution in [2.45, 2.75) is 19.9 Å². The maximum Gasteiger partial charge on any atom is 0.253 e. The lowest BCUT2D eigenvalue weighted by molar-refractivity contribution is 0.0936. The van der Waals surface area contributed by atoms with Gasteiger partial charge in [0.25, 0.3) is 5.91 Å². The zero-order valence-electron chi connectivity index (χ0n) is 14.6. The van der Waals surface area contributed by atoms with Gasteiger partial charge in [-0.15, -0.1) is 0 Å². The highest BCUT2D eigenvalue weighted by atomic mass is 32.1. The van der Waals surface area contributed by atoms with Gasteiger partial charge in [0.15, 0.2) is 4.77 Å². The predicted octanol–water partition coefficient (Wildman–Crippen LogP) is 4.24. The highest BCUT2D eigenvalue weighted by Gasteiger charge is 2.21. The Bertz CT molecular complexity index is 944. The smallest absolute Gasteiger partial charge is 0.253 e. The SMILES string of the molecule is CCN(CC)C(CNC(=O)c1cc(F)cc2[nH]c(=S)[nH]c12)c1ccsc1. The monoisotopic (exact) mass is 392 g/mol. The average molecular weight is 393 g/mol. The van der Waals surface area contributed by atoms with Crippen molar-refractivity contribution in [2.24, 2.45) is 0 Å². The summed E-state index contributed by atoms with van der Waals surface area (Å²) in [5.41, 5.74) is 2.42. The Labute approximate surface area is 160 Å². The van der Waals surface area contributed by atoms with Crippen LogP contribution >= 0.6 is 23.6 Å². The summed E-state index contributed by atoms with van der Waals surface area (Å²) in [4.78, 5) is 20.8. The van der Waals surface area contributed by atoms with Gasteiger partial charge in [-0.05, 0) is 59.8 Å². The van der Waals surface area contributed by atoms with Crippen molar-refractivity contribution in [1.82, 2.24) is 20.2 Å². The first-order chi connectivity index (χ1) is 12.5. The molecule has 3 aromatic rings. The van der Waals surface area contributed by atoms with E-state index >= 15 is 0 Å². The number of halogens is 1. The number of hydrogen-bond donors (Lipinski definition) is 3. The van der Waals surface area contributed by atoms with Gasteiger partial charge in [-0.2, -0.15) is 11.3 Å². The summed E-state index contributed by atoms with van der Waals surface area (Å²) in [5.74, 6) is -0.807. The number of amides is 1. The molecule has 0 aliphatic rings. The van der Waals surface area contributed by atoms with E-state index in [1.165, 1.54) is 17.7 Å². The number of aromatic nitrogens is 2. The lowest BCUT2D eigenvalue weighted by Gasteiger charge is -2.29. The number of thiophene rings is 1. The molecule has 0 saturated heterocycles. The number of carbonyl (C=O) groups excluding carboxylic acids is 1. The third-order valence-electron chi connectivity index (χ3n) is 4.47. The minimum Gasteiger partial charge on any atom is -0.350 e. The number of rotatable bonds is 7. The van der Waals surface area contributed by atoms with Crippen molar-refractivity contribution >= 4 is 40.5 Å². The summed E-state index contributed by atoms with van der Waals surface area (Å²) in [6.07, 6.45) is 0. The molecule has 2 heterocycles. The van der Waals surface area contributed by atoms with Crippen LogP contribution in [0.1, 0.15) is 35.8 Å². The molecule has 0 saturated carbocycles. The van der Waals surface area contributed by atoms with Crippen LogP contribution in [-0.2, 0) is 0 Å². The molecule has 1 aromatic carbocycles. The van der Waals surface area contributed by atoms with Crippen LogP contribution in [0.2, 0.25) is 0 Å². The quantitative estimate of drug-likeness (QED) is 0.527. The largest absolute Gasteiger partial charge is 0.350 e. The maximum atomic E-state index is 13.9. The van der Waals surface area contributed by atoms with Gasteiger partial charge in [0, 0.05) is 6.54 Å². The van der Waals surface area contributed by atoms with Crippen molar-refractivity contribution in [3.05, 3.63) is 50.7 Å². The van der Waals surface area contributed by atoms with Crippen molar-refractivity contribution in [2.75, 3.05) is 19.6 Å². The summed E-state index contributed by atoms with van der Waals surface area (Å²) >= 11 is 6.69. The van der Waals surface area contributed by atoms with E-state index in [1.807, 2.05) is 5.38 Å². The van der Waals surface area contributed by atoms with E-state index in [9.17, 15) is 9.18 Å². The van der Waals surface area contributed by atoms with Crippen molar-refractivity contribution < 1.29 is 9.18 Å². The number of H-pyrrole nitrogens is 2. The second kappa shape index (κ2) is 8.11. The highest BCUT2D eigenvalue weighted by Crippen LogP contribution is 2.23. The van der Waals surface area contributed by atoms with E-state index in [0.717, 1.165) is 13.1 Å². The minimum absolute atomic E-state index is 0.0777. The van der Waals surface area contributed by atoms with Gasteiger partial charge >= 0.3 is 0 Å². The Kier molecular flexibility index (Phi) is 5.85. The molecule has 1 amide bonds. The van der Waals surface area contributed by atoms with Gasteiger partial charge < -0.3 is 15.3 Å². The number of likely N-dealkylation sites (N-methyl/N-ethyl adjacent to an activating group) is 1. The van der Waals surface area contributed by atoms with Crippen LogP contribution in [0.3, 0.4) is 0 Å². The zero-order valence-corrected chi connectivity index (χ0v) is 16.3. The zero-order chi connectivity index (χ0) is 18.7. The fourth-order valence-electron chi connectivity index (χ4n) is 3.16. The number of nitrogens with one attached hydrogen (secondary N) is 3. The fourth-order valence-corrected chi connectivity index (χ4v) is 4.08. The first kappa shape index (κ1) is 18.8. The standard InChI is InChI=1S/C18H21FN4OS2/c1-3-23(4-2)15(11-5-6-26-10-11)9-20-17(24)13-7-12(19)8-14-16(13)22-18(25)21-14/h5-8,10,15H,3-4,9H2,1-2H3,(H,20,24)(H2,21,22,25). The normalized spacial score (nSPS) is 12.6. The van der Waals surface area contributed by atoms with Crippen LogP contribution in [0.15, 0.2) is 29.0 Å². The van der Waals surface area contributed by atoms with Crippen LogP contribution < -0.4 is 5.32 Å². The van der Waals surface area contributed by atoms with Gasteiger partial charge in [0.2, 0.25) is 0 Å². The Hall–Kier alpha value is -2.03. The van der Waals surface area contributed by atoms with Gasteiger partial charge in [-0.25, -0.2) is 4.39 Å². The van der Waals surface area contributed by atoms with Crippen LogP contribution in [0.5, 0.6) is 0 Å². The number of hydrogen-bond acceptors (Lipinski definition) is 4. The Balaban J connectivity index is 1.84. The first-order valence-corrected chi connectivity index (χ1v) is 9.84. The predicted molar refractivity (Wildman–Crippen MR) is 106 cm³/mol. The van der Waals surface area contributed by atoms with E-state index in [1.54, 1.807) is 11.3 Å². The summed E-state index contributed by atoms with van der Waals surface area (Å²) in [6, 6.07) is 4.70. The van der Waals surface area contributed by atoms with Gasteiger partial charge in [0.1, 0.15) is 5.82 Å². The van der Waals surface area contributed by atoms with Crippen LogP contribution in [0, 0.1) is 10.6 Å². The minimum atomic E-state index is -0.481. The molecule has 2 aromatic heterocycles. The maximum absolute atomic E-state index is 13.9. The van der Waals surface area contributed by atoms with E-state index in [2.05, 4.69) is 45.5 Å². The van der Waals surface area contributed by atoms with Gasteiger partial charge in [0.05, 0.1) is 22.6 Å². The molecule has 1 unspecified atom stereocenters. The molecule has 0 fully saturated rings. The lowest BCUT2D eigenvalue weighted by atomic mass is 10.1. The van der Waals surface area contributed by atoms with Crippen molar-refractivity contribution in [3.63, 3.8) is 0 Å². The Morgan fingerprint density at radius 1 is 1.35 bits per heavy atom. The molecule has 0 radical (unpaired) electrons. The molecule has 3 N–H and O–H groups in total. The third-order valence-corrected chi connectivity index (χ3v) is 5.38. The first-order valence-electron chi connectivity index (χ1n) is 8.49. The molecule has 0 spiro atoms. The van der Waals surface area contributed by atoms with E-state index < -0.39 is 5.82 Å². The lowest BCUT2D eigenvalue weighted by Crippen LogP contribution is -2.38. The van der Waals surface area contributed by atoms with E-state index in [-0.39, 0.29) is 17.5 Å². The molecule has 5 nitrogen and oxygen atoms in total. The van der Waals surface area contributed by atoms with Crippen LogP contribution in [0.4, 0.5) is 4.39 Å². The molecule has 0 aliphatic carbocycles. The van der Waals surface area contributed by atoms with Gasteiger partial charge in [-0.1, -0.05) is 13.8 Å². The molecule has 26 heavy (non-hydrogen) atoms. The van der Waals surface area contributed by atoms with Crippen LogP contribution in [0.25, 0.3) is 11.0 Å². The molecule has 0 bridgehead atoms. The summed E-state index contributed by atoms with van der Waals surface area (Å²) in [6.45, 7) is 6.39. The second-order valence-corrected chi connectivity index (χ2v) is 7.15. The molecule has 8 heteroatoms. The van der Waals surface area contributed by atoms with E-state index in [4.69, 9.17) is 12.2 Å². The third kappa shape index (κ3) is 3.87. The molecular weight excluding hydrogens is 371 g/mol. The topological polar surface area (TPSA) is 63.9 Å². The number of fused-ring (bicyclic) bond motifs is 1. The number of aromatic amines is 2. The molecule has 138 valence electrons. The number of imidazole rings is 1. The number of benzene rings is 1. The molecule has 0 aliphatic heterocycles. The van der Waals surface area contributed by atoms with E-state index in [0.29, 0.717) is 22.3 Å². The summed E-state index contributed by atoms with van der Waals surface area (Å²) in [7, 11) is 0. The molecule has 1 atom stereocenters. The second-order valence-electron chi connectivity index (χ2n) is 5.96. The van der Waals surface area contributed by atoms with Gasteiger partial charge in [-0.3, -0.25) is 9.69 Å². The fraction of sp³-hybridized carbons (Fsp3) is 0.333. The number of carbonyl (C=O) groups is 1. The van der Waals surface area contributed by atoms with Crippen molar-refractivity contribution in [3.8, 4) is 0 Å². The molecule has 3 rings (SSSR count). The summed E-state index contributed by atoms with van der Waals surface area (Å²) < 4.78 is 14.2. The highest BCUT2D eigenvalue weighted by molar-refractivity contribution is 7.71. The van der Waals surface area contributed by atoms with Crippen LogP contribution in [-0.4, -0.2) is 40.4 Å². The average Bonchev–Trinajstić information content (AvgIpc) is 3.26. The Morgan fingerprint density at radius 2 is 2.12 bits per heavy atom. The summed E-state index contributed by atoms with van der Waals surface area (Å²) in [5, 5.41) is 7.08. The number of nitrogens with zero attached hydrogens (tertiary/aromatic N) is 1. The molecular formula is C18H21FN4OS2. The Morgan fingerprint density at radius 3 is 2.77 bits per heavy atom.